The highest BCUT2D eigenvalue weighted by Crippen LogP contribution is 2.37. The van der Waals surface area contributed by atoms with E-state index in [4.69, 9.17) is 9.47 Å². The Bertz CT molecular complexity index is 377. The Morgan fingerprint density at radius 3 is 2.12 bits per heavy atom. The molecule has 0 N–H and O–H groups in total. The van der Waals surface area contributed by atoms with E-state index in [1.807, 2.05) is 24.3 Å². The van der Waals surface area contributed by atoms with Crippen LogP contribution in [0, 0.1) is 5.41 Å². The van der Waals surface area contributed by atoms with Gasteiger partial charge in [-0.2, -0.15) is 12.6 Å². The second kappa shape index (κ2) is 4.84. The molecule has 0 amide bonds. The van der Waals surface area contributed by atoms with Crippen LogP contribution in [0.15, 0.2) is 29.2 Å². The first-order chi connectivity index (χ1) is 7.97. The summed E-state index contributed by atoms with van der Waals surface area (Å²) in [6.45, 7) is 5.62. The molecule has 2 rings (SSSR count). The lowest BCUT2D eigenvalue weighted by molar-refractivity contribution is -0.294. The Kier molecular flexibility index (Phi) is 3.78. The smallest absolute Gasteiger partial charge is 0.203 e. The fourth-order valence-electron chi connectivity index (χ4n) is 1.77. The molecule has 0 saturated carbocycles. The highest BCUT2D eigenvalue weighted by Gasteiger charge is 2.41. The molecule has 0 radical (unpaired) electrons. The van der Waals surface area contributed by atoms with E-state index in [0.29, 0.717) is 19.0 Å². The van der Waals surface area contributed by atoms with Crippen LogP contribution in [-0.2, 0) is 15.3 Å². The summed E-state index contributed by atoms with van der Waals surface area (Å²) in [7, 11) is 0. The number of hydrogen-bond donors (Lipinski definition) is 2. The average Bonchev–Trinajstić information content (AvgIpc) is 2.31. The fourth-order valence-corrected chi connectivity index (χ4v) is 2.29. The standard InChI is InChI=1S/C13H18O2S2/c1-12(2)7-14-13(9-16,15-8-12)10-3-5-11(17)6-4-10/h3-6,16-17H,7-9H2,1-2H3. The van der Waals surface area contributed by atoms with Crippen LogP contribution in [-0.4, -0.2) is 19.0 Å². The molecule has 1 fully saturated rings. The van der Waals surface area contributed by atoms with Gasteiger partial charge in [-0.1, -0.05) is 26.0 Å². The molecule has 0 spiro atoms. The molecule has 2 nitrogen and oxygen atoms in total. The van der Waals surface area contributed by atoms with Gasteiger partial charge in [-0.15, -0.1) is 12.6 Å². The first-order valence-corrected chi connectivity index (χ1v) is 6.74. The van der Waals surface area contributed by atoms with Crippen LogP contribution >= 0.6 is 25.3 Å². The van der Waals surface area contributed by atoms with Crippen LogP contribution in [0.5, 0.6) is 0 Å². The number of rotatable bonds is 2. The number of hydrogen-bond acceptors (Lipinski definition) is 4. The van der Waals surface area contributed by atoms with Crippen LogP contribution < -0.4 is 0 Å². The maximum absolute atomic E-state index is 5.93. The summed E-state index contributed by atoms with van der Waals surface area (Å²) < 4.78 is 11.9. The van der Waals surface area contributed by atoms with Gasteiger partial charge in [0.15, 0.2) is 0 Å². The molecule has 1 aliphatic rings. The van der Waals surface area contributed by atoms with E-state index in [1.165, 1.54) is 0 Å². The Morgan fingerprint density at radius 2 is 1.65 bits per heavy atom. The third-order valence-corrected chi connectivity index (χ3v) is 3.62. The van der Waals surface area contributed by atoms with Gasteiger partial charge in [0, 0.05) is 21.6 Å². The summed E-state index contributed by atoms with van der Waals surface area (Å²) in [5.41, 5.74) is 1.07. The Hall–Kier alpha value is -0.160. The second-order valence-electron chi connectivity index (χ2n) is 5.20. The highest BCUT2D eigenvalue weighted by molar-refractivity contribution is 7.80. The van der Waals surface area contributed by atoms with E-state index < -0.39 is 5.79 Å². The fraction of sp³-hybridized carbons (Fsp3) is 0.538. The lowest BCUT2D eigenvalue weighted by Gasteiger charge is -2.43. The molecule has 94 valence electrons. The lowest BCUT2D eigenvalue weighted by Crippen LogP contribution is -2.46. The summed E-state index contributed by atoms with van der Waals surface area (Å²) in [5.74, 6) is -0.199. The summed E-state index contributed by atoms with van der Waals surface area (Å²) in [6, 6.07) is 7.85. The van der Waals surface area contributed by atoms with Gasteiger partial charge in [0.25, 0.3) is 0 Å². The highest BCUT2D eigenvalue weighted by atomic mass is 32.1. The molecule has 1 heterocycles. The molecule has 1 saturated heterocycles. The van der Waals surface area contributed by atoms with E-state index in [0.717, 1.165) is 10.5 Å². The average molecular weight is 270 g/mol. The van der Waals surface area contributed by atoms with Gasteiger partial charge in [0.2, 0.25) is 5.79 Å². The van der Waals surface area contributed by atoms with Crippen molar-refractivity contribution < 1.29 is 9.47 Å². The first kappa shape index (κ1) is 13.3. The van der Waals surface area contributed by atoms with Crippen molar-refractivity contribution in [2.45, 2.75) is 24.5 Å². The minimum atomic E-state index is -0.708. The second-order valence-corrected chi connectivity index (χ2v) is 6.03. The summed E-state index contributed by atoms with van der Waals surface area (Å²) in [5, 5.41) is 0. The molecule has 0 aliphatic carbocycles. The van der Waals surface area contributed by atoms with Crippen LogP contribution in [0.25, 0.3) is 0 Å². The van der Waals surface area contributed by atoms with Crippen molar-refractivity contribution in [2.75, 3.05) is 19.0 Å². The lowest BCUT2D eigenvalue weighted by atomic mass is 9.93. The van der Waals surface area contributed by atoms with Crippen molar-refractivity contribution in [3.63, 3.8) is 0 Å². The van der Waals surface area contributed by atoms with Crippen LogP contribution in [0.2, 0.25) is 0 Å². The van der Waals surface area contributed by atoms with Crippen LogP contribution in [0.1, 0.15) is 19.4 Å². The van der Waals surface area contributed by atoms with Gasteiger partial charge in [0.1, 0.15) is 0 Å². The maximum Gasteiger partial charge on any atom is 0.203 e. The van der Waals surface area contributed by atoms with Crippen molar-refractivity contribution in [3.05, 3.63) is 29.8 Å². The number of thiol groups is 2. The molecule has 0 aromatic heterocycles. The summed E-state index contributed by atoms with van der Waals surface area (Å²) in [4.78, 5) is 0.930. The molecular weight excluding hydrogens is 252 g/mol. The Labute approximate surface area is 114 Å². The predicted octanol–water partition coefficient (Wildman–Crippen LogP) is 3.13. The van der Waals surface area contributed by atoms with Gasteiger partial charge in [-0.3, -0.25) is 0 Å². The van der Waals surface area contributed by atoms with Gasteiger partial charge in [0.05, 0.1) is 13.2 Å². The van der Waals surface area contributed by atoms with Crippen molar-refractivity contribution in [2.24, 2.45) is 5.41 Å². The predicted molar refractivity (Wildman–Crippen MR) is 74.9 cm³/mol. The van der Waals surface area contributed by atoms with E-state index in [2.05, 4.69) is 39.1 Å². The third kappa shape index (κ3) is 2.81. The number of benzene rings is 1. The molecule has 0 unspecified atom stereocenters. The van der Waals surface area contributed by atoms with Gasteiger partial charge in [-0.05, 0) is 12.1 Å². The van der Waals surface area contributed by atoms with Gasteiger partial charge < -0.3 is 9.47 Å². The summed E-state index contributed by atoms with van der Waals surface area (Å²) in [6.07, 6.45) is 0. The largest absolute Gasteiger partial charge is 0.345 e. The molecule has 1 aromatic rings. The van der Waals surface area contributed by atoms with Crippen molar-refractivity contribution in [1.29, 1.82) is 0 Å². The zero-order valence-corrected chi connectivity index (χ0v) is 11.9. The molecule has 1 aromatic carbocycles. The molecule has 0 atom stereocenters. The van der Waals surface area contributed by atoms with Crippen molar-refractivity contribution in [3.8, 4) is 0 Å². The third-order valence-electron chi connectivity index (χ3n) is 2.91. The van der Waals surface area contributed by atoms with E-state index >= 15 is 0 Å². The molecule has 1 aliphatic heterocycles. The molecule has 0 bridgehead atoms. The first-order valence-electron chi connectivity index (χ1n) is 5.66. The van der Waals surface area contributed by atoms with Gasteiger partial charge in [-0.25, -0.2) is 0 Å². The van der Waals surface area contributed by atoms with E-state index in [9.17, 15) is 0 Å². The minimum absolute atomic E-state index is 0.0654. The Morgan fingerprint density at radius 1 is 1.12 bits per heavy atom. The SMILES string of the molecule is CC1(C)COC(CS)(c2ccc(S)cc2)OC1. The Balaban J connectivity index is 2.24. The van der Waals surface area contributed by atoms with Crippen molar-refractivity contribution in [1.82, 2.24) is 0 Å². The number of ether oxygens (including phenoxy) is 2. The summed E-state index contributed by atoms with van der Waals surface area (Å²) >= 11 is 8.65. The molecular formula is C13H18O2S2. The van der Waals surface area contributed by atoms with E-state index in [1.54, 1.807) is 0 Å². The zero-order chi connectivity index (χ0) is 12.5. The normalized spacial score (nSPS) is 22.4. The zero-order valence-electron chi connectivity index (χ0n) is 10.1. The topological polar surface area (TPSA) is 18.5 Å². The monoisotopic (exact) mass is 270 g/mol. The van der Waals surface area contributed by atoms with Crippen molar-refractivity contribution >= 4 is 25.3 Å². The van der Waals surface area contributed by atoms with Gasteiger partial charge >= 0.3 is 0 Å². The maximum atomic E-state index is 5.93. The molecule has 17 heavy (non-hydrogen) atoms. The minimum Gasteiger partial charge on any atom is -0.345 e. The van der Waals surface area contributed by atoms with Crippen LogP contribution in [0.4, 0.5) is 0 Å². The quantitative estimate of drug-likeness (QED) is 0.804. The van der Waals surface area contributed by atoms with E-state index in [-0.39, 0.29) is 5.41 Å². The van der Waals surface area contributed by atoms with Crippen LogP contribution in [0.3, 0.4) is 0 Å². The molecule has 4 heteroatoms.